The molecule has 2 aliphatic carbocycles. The van der Waals surface area contributed by atoms with Gasteiger partial charge < -0.3 is 5.32 Å². The lowest BCUT2D eigenvalue weighted by Gasteiger charge is -2.26. The maximum atomic E-state index is 12.6. The lowest BCUT2D eigenvalue weighted by molar-refractivity contribution is 0.102. The van der Waals surface area contributed by atoms with Gasteiger partial charge in [-0.25, -0.2) is 0 Å². The van der Waals surface area contributed by atoms with Gasteiger partial charge in [0.2, 0.25) is 5.78 Å². The minimum absolute atomic E-state index is 0.140. The van der Waals surface area contributed by atoms with Crippen molar-refractivity contribution in [2.75, 3.05) is 0 Å². The summed E-state index contributed by atoms with van der Waals surface area (Å²) in [4.78, 5) is 12.8. The van der Waals surface area contributed by atoms with Gasteiger partial charge in [-0.15, -0.1) is 0 Å². The Morgan fingerprint density at radius 2 is 1.91 bits per heavy atom. The fourth-order valence-electron chi connectivity index (χ4n) is 3.44. The third-order valence-corrected chi connectivity index (χ3v) is 5.85. The van der Waals surface area contributed by atoms with Gasteiger partial charge in [-0.2, -0.15) is 12.8 Å². The fraction of sp³-hybridized carbons (Fsp3) is 0.375. The summed E-state index contributed by atoms with van der Waals surface area (Å²) in [6.45, 7) is 0. The Hall–Kier alpha value is -1.95. The first-order valence-electron chi connectivity index (χ1n) is 7.57. The monoisotopic (exact) mass is 316 g/mol. The molecule has 1 saturated carbocycles. The van der Waals surface area contributed by atoms with Crippen molar-refractivity contribution < 1.29 is 13.2 Å². The van der Waals surface area contributed by atoms with E-state index in [1.54, 1.807) is 18.2 Å². The number of rotatable bonds is 2. The topological polar surface area (TPSA) is 75.6 Å². The molecule has 1 aromatic rings. The van der Waals surface area contributed by atoms with Crippen molar-refractivity contribution in [3.05, 3.63) is 41.1 Å². The number of sulfonamides is 1. The molecule has 0 unspecified atom stereocenters. The van der Waals surface area contributed by atoms with Crippen LogP contribution in [0.1, 0.15) is 48.0 Å². The van der Waals surface area contributed by atoms with Crippen LogP contribution >= 0.6 is 0 Å². The molecule has 1 fully saturated rings. The summed E-state index contributed by atoms with van der Waals surface area (Å²) in [6, 6.07) is 5.07. The molecule has 0 spiro atoms. The number of benzene rings is 1. The van der Waals surface area contributed by atoms with Crippen LogP contribution < -0.4 is 5.32 Å². The van der Waals surface area contributed by atoms with Crippen LogP contribution in [0.2, 0.25) is 0 Å². The van der Waals surface area contributed by atoms with E-state index < -0.39 is 10.0 Å². The highest BCUT2D eigenvalue weighted by molar-refractivity contribution is 7.90. The average molecular weight is 316 g/mol. The SMILES string of the molecule is O=C1C(NC2CCCCC2)=CC2=NS(=O)(=O)c3cccc1c32. The molecular weight excluding hydrogens is 300 g/mol. The largest absolute Gasteiger partial charge is 0.379 e. The first kappa shape index (κ1) is 13.7. The van der Waals surface area contributed by atoms with Gasteiger partial charge in [-0.05, 0) is 25.0 Å². The van der Waals surface area contributed by atoms with Gasteiger partial charge in [-0.3, -0.25) is 4.79 Å². The predicted octanol–water partition coefficient (Wildman–Crippen LogP) is 2.18. The number of nitrogens with zero attached hydrogens (tertiary/aromatic N) is 1. The van der Waals surface area contributed by atoms with Crippen LogP contribution in [-0.2, 0) is 10.0 Å². The number of hydrogen-bond acceptors (Lipinski definition) is 4. The minimum atomic E-state index is -3.67. The Kier molecular flexibility index (Phi) is 2.97. The van der Waals surface area contributed by atoms with E-state index in [1.807, 2.05) is 0 Å². The maximum Gasteiger partial charge on any atom is 0.283 e. The molecule has 6 heteroatoms. The third kappa shape index (κ3) is 2.01. The molecule has 1 aromatic carbocycles. The second kappa shape index (κ2) is 4.78. The van der Waals surface area contributed by atoms with Crippen molar-refractivity contribution in [1.82, 2.24) is 5.32 Å². The Balaban J connectivity index is 1.76. The van der Waals surface area contributed by atoms with Gasteiger partial charge in [0.25, 0.3) is 10.0 Å². The molecule has 0 saturated heterocycles. The Morgan fingerprint density at radius 3 is 2.68 bits per heavy atom. The van der Waals surface area contributed by atoms with Crippen LogP contribution in [0.15, 0.2) is 39.3 Å². The second-order valence-electron chi connectivity index (χ2n) is 6.00. The second-order valence-corrected chi connectivity index (χ2v) is 7.57. The standard InChI is InChI=1S/C16H16N2O3S/c19-16-11-7-4-8-14-15(11)12(18-22(14,20)21)9-13(16)17-10-5-2-1-3-6-10/h4,7-10,17H,1-3,5-6H2. The van der Waals surface area contributed by atoms with E-state index >= 15 is 0 Å². The van der Waals surface area contributed by atoms with E-state index in [-0.39, 0.29) is 16.7 Å². The minimum Gasteiger partial charge on any atom is -0.379 e. The van der Waals surface area contributed by atoms with Crippen molar-refractivity contribution in [2.45, 2.75) is 43.0 Å². The van der Waals surface area contributed by atoms with E-state index in [1.165, 1.54) is 12.5 Å². The summed E-state index contributed by atoms with van der Waals surface area (Å²) in [6.07, 6.45) is 7.24. The van der Waals surface area contributed by atoms with Crippen LogP contribution in [0.25, 0.3) is 0 Å². The molecular formula is C16H16N2O3S. The summed E-state index contributed by atoms with van der Waals surface area (Å²) >= 11 is 0. The van der Waals surface area contributed by atoms with Crippen molar-refractivity contribution in [3.8, 4) is 0 Å². The van der Waals surface area contributed by atoms with E-state index in [2.05, 4.69) is 9.71 Å². The van der Waals surface area contributed by atoms with Crippen molar-refractivity contribution in [2.24, 2.45) is 4.40 Å². The van der Waals surface area contributed by atoms with Gasteiger partial charge in [0.05, 0.1) is 16.3 Å². The van der Waals surface area contributed by atoms with Crippen molar-refractivity contribution in [3.63, 3.8) is 0 Å². The number of ketones is 1. The zero-order valence-electron chi connectivity index (χ0n) is 12.0. The van der Waals surface area contributed by atoms with E-state index in [4.69, 9.17) is 0 Å². The summed E-state index contributed by atoms with van der Waals surface area (Å²) in [5.74, 6) is -0.140. The average Bonchev–Trinajstić information content (AvgIpc) is 2.77. The van der Waals surface area contributed by atoms with E-state index in [0.29, 0.717) is 22.5 Å². The first-order chi connectivity index (χ1) is 10.6. The molecule has 1 heterocycles. The maximum absolute atomic E-state index is 12.6. The molecule has 0 amide bonds. The molecule has 0 radical (unpaired) electrons. The van der Waals surface area contributed by atoms with Crippen LogP contribution in [0, 0.1) is 0 Å². The molecule has 3 aliphatic rings. The number of carbonyl (C=O) groups excluding carboxylic acids is 1. The summed E-state index contributed by atoms with van der Waals surface area (Å²) < 4.78 is 27.9. The number of carbonyl (C=O) groups is 1. The highest BCUT2D eigenvalue weighted by Gasteiger charge is 2.36. The Bertz CT molecular complexity index is 831. The number of hydrogen-bond donors (Lipinski definition) is 1. The van der Waals surface area contributed by atoms with Crippen molar-refractivity contribution in [1.29, 1.82) is 0 Å². The smallest absolute Gasteiger partial charge is 0.283 e. The van der Waals surface area contributed by atoms with Gasteiger partial charge >= 0.3 is 0 Å². The predicted molar refractivity (Wildman–Crippen MR) is 82.6 cm³/mol. The molecule has 22 heavy (non-hydrogen) atoms. The van der Waals surface area contributed by atoms with Gasteiger partial charge in [0.1, 0.15) is 0 Å². The van der Waals surface area contributed by atoms with Crippen molar-refractivity contribution >= 4 is 21.5 Å². The zero-order valence-corrected chi connectivity index (χ0v) is 12.8. The molecule has 5 nitrogen and oxygen atoms in total. The van der Waals surface area contributed by atoms with Gasteiger partial charge in [0.15, 0.2) is 0 Å². The molecule has 0 bridgehead atoms. The highest BCUT2D eigenvalue weighted by atomic mass is 32.2. The van der Waals surface area contributed by atoms with E-state index in [0.717, 1.165) is 25.7 Å². The lowest BCUT2D eigenvalue weighted by Crippen LogP contribution is -2.35. The highest BCUT2D eigenvalue weighted by Crippen LogP contribution is 2.34. The van der Waals surface area contributed by atoms with Gasteiger partial charge in [-0.1, -0.05) is 31.4 Å². The first-order valence-corrected chi connectivity index (χ1v) is 9.01. The summed E-state index contributed by atoms with van der Waals surface area (Å²) in [7, 11) is -3.67. The summed E-state index contributed by atoms with van der Waals surface area (Å²) in [5, 5.41) is 3.30. The van der Waals surface area contributed by atoms with Crippen LogP contribution in [0.3, 0.4) is 0 Å². The number of nitrogens with one attached hydrogen (secondary N) is 1. The Labute approximate surface area is 129 Å². The molecule has 1 N–H and O–H groups in total. The number of Topliss-reactive ketones (excluding diaryl/α,β-unsaturated/α-hetero) is 1. The molecule has 4 rings (SSSR count). The zero-order chi connectivity index (χ0) is 15.3. The van der Waals surface area contributed by atoms with Gasteiger partial charge in [0, 0.05) is 17.2 Å². The fourth-order valence-corrected chi connectivity index (χ4v) is 4.67. The molecule has 1 aliphatic heterocycles. The molecule has 0 aromatic heterocycles. The molecule has 0 atom stereocenters. The number of allylic oxidation sites excluding steroid dienone is 2. The third-order valence-electron chi connectivity index (χ3n) is 4.51. The normalized spacial score (nSPS) is 22.8. The van der Waals surface area contributed by atoms with Crippen LogP contribution in [0.4, 0.5) is 0 Å². The lowest BCUT2D eigenvalue weighted by atomic mass is 9.90. The van der Waals surface area contributed by atoms with E-state index in [9.17, 15) is 13.2 Å². The Morgan fingerprint density at radius 1 is 1.14 bits per heavy atom. The summed E-state index contributed by atoms with van der Waals surface area (Å²) in [5.41, 5.74) is 1.73. The quantitative estimate of drug-likeness (QED) is 0.907. The molecule has 114 valence electrons. The van der Waals surface area contributed by atoms with Crippen LogP contribution in [-0.4, -0.2) is 26.0 Å². The van der Waals surface area contributed by atoms with Crippen LogP contribution in [0.5, 0.6) is 0 Å².